The molecule has 158 valence electrons. The summed E-state index contributed by atoms with van der Waals surface area (Å²) in [5.41, 5.74) is 3.59. The minimum absolute atomic E-state index is 0.204. The zero-order valence-electron chi connectivity index (χ0n) is 16.6. The second kappa shape index (κ2) is 7.05. The summed E-state index contributed by atoms with van der Waals surface area (Å²) in [5.74, 6) is 0. The number of fused-ring (bicyclic) bond motifs is 3. The highest BCUT2D eigenvalue weighted by atomic mass is 19.4. The summed E-state index contributed by atoms with van der Waals surface area (Å²) in [6.45, 7) is 1.77. The number of hydrogen-bond donors (Lipinski definition) is 1. The minimum Gasteiger partial charge on any atom is -0.347 e. The van der Waals surface area contributed by atoms with Gasteiger partial charge in [-0.2, -0.15) is 13.2 Å². The summed E-state index contributed by atoms with van der Waals surface area (Å²) in [7, 11) is 2.03. The van der Waals surface area contributed by atoms with Gasteiger partial charge in [-0.25, -0.2) is 0 Å². The van der Waals surface area contributed by atoms with Crippen LogP contribution >= 0.6 is 0 Å². The Labute approximate surface area is 175 Å². The molecule has 6 nitrogen and oxygen atoms in total. The normalized spacial score (nSPS) is 14.1. The Balaban J connectivity index is 1.52. The lowest BCUT2D eigenvalue weighted by molar-refractivity contribution is -0.141. The van der Waals surface area contributed by atoms with Crippen molar-refractivity contribution in [1.82, 2.24) is 24.6 Å². The largest absolute Gasteiger partial charge is 0.435 e. The number of nitrogens with one attached hydrogen (secondary N) is 1. The lowest BCUT2D eigenvalue weighted by Gasteiger charge is -2.14. The SMILES string of the molecule is Cn1c2c(c3ccc(-n4ccc(-c5ccc(C(F)(F)F)nn5)cc4=O)cc31)CNCC2. The first-order chi connectivity index (χ1) is 14.8. The van der Waals surface area contributed by atoms with Gasteiger partial charge >= 0.3 is 6.18 Å². The molecule has 31 heavy (non-hydrogen) atoms. The summed E-state index contributed by atoms with van der Waals surface area (Å²) in [6.07, 6.45) is -2.00. The van der Waals surface area contributed by atoms with E-state index < -0.39 is 11.9 Å². The molecule has 0 radical (unpaired) electrons. The highest BCUT2D eigenvalue weighted by Gasteiger charge is 2.32. The van der Waals surface area contributed by atoms with E-state index in [1.165, 1.54) is 28.0 Å². The van der Waals surface area contributed by atoms with E-state index in [0.29, 0.717) is 11.3 Å². The molecular weight excluding hydrogens is 407 g/mol. The molecule has 0 saturated carbocycles. The van der Waals surface area contributed by atoms with Gasteiger partial charge in [0, 0.05) is 55.5 Å². The van der Waals surface area contributed by atoms with E-state index in [9.17, 15) is 18.0 Å². The smallest absolute Gasteiger partial charge is 0.347 e. The average molecular weight is 425 g/mol. The third-order valence-corrected chi connectivity index (χ3v) is 5.71. The molecule has 0 aliphatic carbocycles. The monoisotopic (exact) mass is 425 g/mol. The summed E-state index contributed by atoms with van der Waals surface area (Å²) < 4.78 is 41.7. The number of pyridine rings is 1. The molecule has 1 aliphatic rings. The molecule has 4 aromatic rings. The average Bonchev–Trinajstić information content (AvgIpc) is 3.05. The quantitative estimate of drug-likeness (QED) is 0.534. The van der Waals surface area contributed by atoms with Gasteiger partial charge in [0.05, 0.1) is 16.9 Å². The number of rotatable bonds is 2. The molecule has 4 heterocycles. The molecule has 9 heteroatoms. The third-order valence-electron chi connectivity index (χ3n) is 5.71. The van der Waals surface area contributed by atoms with Gasteiger partial charge in [0.25, 0.3) is 5.56 Å². The number of nitrogens with zero attached hydrogens (tertiary/aromatic N) is 4. The minimum atomic E-state index is -4.56. The Hall–Kier alpha value is -3.46. The highest BCUT2D eigenvalue weighted by Crippen LogP contribution is 2.30. The predicted octanol–water partition coefficient (Wildman–Crippen LogP) is 3.45. The Bertz CT molecular complexity index is 1350. The first kappa shape index (κ1) is 19.5. The fourth-order valence-electron chi connectivity index (χ4n) is 4.13. The van der Waals surface area contributed by atoms with Crippen molar-refractivity contribution in [3.8, 4) is 16.9 Å². The summed E-state index contributed by atoms with van der Waals surface area (Å²) in [4.78, 5) is 12.8. The molecule has 0 saturated heterocycles. The van der Waals surface area contributed by atoms with Gasteiger partial charge in [-0.1, -0.05) is 6.07 Å². The van der Waals surface area contributed by atoms with Crippen molar-refractivity contribution in [1.29, 1.82) is 0 Å². The lowest BCUT2D eigenvalue weighted by Crippen LogP contribution is -2.24. The molecule has 1 aliphatic heterocycles. The van der Waals surface area contributed by atoms with Crippen molar-refractivity contribution < 1.29 is 13.2 Å². The van der Waals surface area contributed by atoms with Gasteiger partial charge in [-0.15, -0.1) is 10.2 Å². The van der Waals surface area contributed by atoms with Gasteiger partial charge in [0.1, 0.15) is 0 Å². The van der Waals surface area contributed by atoms with E-state index >= 15 is 0 Å². The van der Waals surface area contributed by atoms with Crippen LogP contribution in [0.15, 0.2) is 53.5 Å². The van der Waals surface area contributed by atoms with Crippen LogP contribution in [0.2, 0.25) is 0 Å². The topological polar surface area (TPSA) is 64.7 Å². The predicted molar refractivity (Wildman–Crippen MR) is 110 cm³/mol. The van der Waals surface area contributed by atoms with Gasteiger partial charge in [0.2, 0.25) is 0 Å². The number of halogens is 3. The zero-order valence-corrected chi connectivity index (χ0v) is 16.6. The number of benzene rings is 1. The van der Waals surface area contributed by atoms with Crippen LogP contribution in [0.3, 0.4) is 0 Å². The standard InChI is InChI=1S/C22H18F3N5O/c1-29-18-6-8-26-12-16(18)15-3-2-14(11-19(15)29)30-9-7-13(10-21(30)31)17-4-5-20(28-27-17)22(23,24)25/h2-5,7,9-11,26H,6,8,12H2,1H3. The van der Waals surface area contributed by atoms with Crippen LogP contribution in [-0.2, 0) is 26.2 Å². The molecule has 1 N–H and O–H groups in total. The van der Waals surface area contributed by atoms with Crippen molar-refractivity contribution in [2.24, 2.45) is 7.05 Å². The number of aryl methyl sites for hydroxylation is 1. The van der Waals surface area contributed by atoms with E-state index in [2.05, 4.69) is 20.1 Å². The molecule has 0 amide bonds. The van der Waals surface area contributed by atoms with E-state index in [1.54, 1.807) is 12.3 Å². The molecule has 1 aromatic carbocycles. The van der Waals surface area contributed by atoms with Crippen LogP contribution in [0.5, 0.6) is 0 Å². The van der Waals surface area contributed by atoms with Crippen molar-refractivity contribution in [3.05, 3.63) is 76.0 Å². The van der Waals surface area contributed by atoms with Crippen molar-refractivity contribution in [2.45, 2.75) is 19.1 Å². The zero-order chi connectivity index (χ0) is 21.8. The van der Waals surface area contributed by atoms with E-state index in [-0.39, 0.29) is 11.3 Å². The second-order valence-corrected chi connectivity index (χ2v) is 7.54. The van der Waals surface area contributed by atoms with Crippen LogP contribution in [0, 0.1) is 0 Å². The Morgan fingerprint density at radius 3 is 2.61 bits per heavy atom. The van der Waals surface area contributed by atoms with Crippen LogP contribution < -0.4 is 10.9 Å². The maximum absolute atomic E-state index is 12.8. The van der Waals surface area contributed by atoms with E-state index in [1.807, 2.05) is 25.2 Å². The maximum Gasteiger partial charge on any atom is 0.435 e. The second-order valence-electron chi connectivity index (χ2n) is 7.54. The summed E-state index contributed by atoms with van der Waals surface area (Å²) in [6, 6.07) is 11.0. The summed E-state index contributed by atoms with van der Waals surface area (Å²) >= 11 is 0. The lowest BCUT2D eigenvalue weighted by atomic mass is 10.1. The van der Waals surface area contributed by atoms with E-state index in [0.717, 1.165) is 36.5 Å². The molecule has 0 bridgehead atoms. The third kappa shape index (κ3) is 3.31. The fourth-order valence-corrected chi connectivity index (χ4v) is 4.13. The molecule has 0 atom stereocenters. The molecular formula is C22H18F3N5O. The molecule has 3 aromatic heterocycles. The highest BCUT2D eigenvalue weighted by molar-refractivity contribution is 5.87. The van der Waals surface area contributed by atoms with Crippen LogP contribution in [0.1, 0.15) is 17.0 Å². The number of alkyl halides is 3. The Morgan fingerprint density at radius 2 is 1.90 bits per heavy atom. The van der Waals surface area contributed by atoms with Gasteiger partial charge in [-0.3, -0.25) is 9.36 Å². The fraction of sp³-hybridized carbons (Fsp3) is 0.227. The number of aromatic nitrogens is 4. The molecule has 0 unspecified atom stereocenters. The van der Waals surface area contributed by atoms with Crippen LogP contribution in [0.4, 0.5) is 13.2 Å². The van der Waals surface area contributed by atoms with Crippen LogP contribution in [0.25, 0.3) is 27.8 Å². The van der Waals surface area contributed by atoms with Gasteiger partial charge in [0.15, 0.2) is 5.69 Å². The molecule has 0 fully saturated rings. The van der Waals surface area contributed by atoms with Crippen molar-refractivity contribution >= 4 is 10.9 Å². The Morgan fingerprint density at radius 1 is 1.06 bits per heavy atom. The maximum atomic E-state index is 12.8. The Kier molecular flexibility index (Phi) is 4.44. The molecule has 5 rings (SSSR count). The first-order valence-electron chi connectivity index (χ1n) is 9.78. The number of hydrogen-bond acceptors (Lipinski definition) is 4. The van der Waals surface area contributed by atoms with Crippen LogP contribution in [-0.4, -0.2) is 25.9 Å². The van der Waals surface area contributed by atoms with Crippen molar-refractivity contribution in [2.75, 3.05) is 6.54 Å². The van der Waals surface area contributed by atoms with E-state index in [4.69, 9.17) is 0 Å². The first-order valence-corrected chi connectivity index (χ1v) is 9.78. The van der Waals surface area contributed by atoms with Gasteiger partial charge < -0.3 is 9.88 Å². The van der Waals surface area contributed by atoms with Crippen molar-refractivity contribution in [3.63, 3.8) is 0 Å². The van der Waals surface area contributed by atoms with Gasteiger partial charge in [-0.05, 0) is 35.9 Å². The summed E-state index contributed by atoms with van der Waals surface area (Å²) in [5, 5.41) is 11.4. The molecule has 0 spiro atoms.